The zero-order valence-corrected chi connectivity index (χ0v) is 13.2. The van der Waals surface area contributed by atoms with Gasteiger partial charge in [-0.15, -0.1) is 0 Å². The molecule has 0 saturated carbocycles. The number of carbonyl (C=O) groups excluding carboxylic acids is 2. The highest BCUT2D eigenvalue weighted by Crippen LogP contribution is 2.17. The summed E-state index contributed by atoms with van der Waals surface area (Å²) in [4.78, 5) is 28.2. The summed E-state index contributed by atoms with van der Waals surface area (Å²) in [5.74, 6) is 0.744. The molecule has 0 spiro atoms. The molecule has 2 fully saturated rings. The average Bonchev–Trinajstić information content (AvgIpc) is 2.91. The van der Waals surface area contributed by atoms with Crippen LogP contribution in [0.4, 0.5) is 0 Å². The fourth-order valence-corrected chi connectivity index (χ4v) is 3.01. The zero-order chi connectivity index (χ0) is 15.2. The highest BCUT2D eigenvalue weighted by atomic mass is 16.2. The van der Waals surface area contributed by atoms with Gasteiger partial charge in [0.1, 0.15) is 0 Å². The van der Waals surface area contributed by atoms with Crippen LogP contribution in [0, 0.1) is 5.92 Å². The van der Waals surface area contributed by atoms with E-state index in [0.717, 1.165) is 52.1 Å². The maximum atomic E-state index is 12.4. The second-order valence-corrected chi connectivity index (χ2v) is 6.15. The van der Waals surface area contributed by atoms with E-state index >= 15 is 0 Å². The van der Waals surface area contributed by atoms with Gasteiger partial charge in [0.15, 0.2) is 0 Å². The Kier molecular flexibility index (Phi) is 5.99. The van der Waals surface area contributed by atoms with E-state index < -0.39 is 0 Å². The maximum Gasteiger partial charge on any atom is 0.240 e. The lowest BCUT2D eigenvalue weighted by atomic mass is 10.0. The van der Waals surface area contributed by atoms with Crippen molar-refractivity contribution >= 4 is 11.8 Å². The predicted molar refractivity (Wildman–Crippen MR) is 81.9 cm³/mol. The first-order valence-electron chi connectivity index (χ1n) is 8.13. The van der Waals surface area contributed by atoms with Crippen LogP contribution < -0.4 is 10.6 Å². The fraction of sp³-hybridized carbons (Fsp3) is 0.867. The number of nitrogens with zero attached hydrogens (tertiary/aromatic N) is 2. The molecule has 2 aliphatic rings. The molecule has 0 aliphatic carbocycles. The van der Waals surface area contributed by atoms with Crippen molar-refractivity contribution in [1.29, 1.82) is 0 Å². The summed E-state index contributed by atoms with van der Waals surface area (Å²) in [7, 11) is 0. The van der Waals surface area contributed by atoms with E-state index in [9.17, 15) is 9.59 Å². The monoisotopic (exact) mass is 296 g/mol. The third-order valence-corrected chi connectivity index (χ3v) is 4.42. The molecule has 2 rings (SSSR count). The SMILES string of the molecule is CCCNC(=O)CN1CCN(C(=O)C2NCCC2C)CC1. The molecule has 2 heterocycles. The second kappa shape index (κ2) is 7.75. The molecule has 2 unspecified atom stereocenters. The largest absolute Gasteiger partial charge is 0.355 e. The van der Waals surface area contributed by atoms with E-state index in [4.69, 9.17) is 0 Å². The number of hydrogen-bond acceptors (Lipinski definition) is 4. The molecular formula is C15H28N4O2. The van der Waals surface area contributed by atoms with Crippen LogP contribution in [0.3, 0.4) is 0 Å². The van der Waals surface area contributed by atoms with Gasteiger partial charge < -0.3 is 15.5 Å². The minimum Gasteiger partial charge on any atom is -0.355 e. The van der Waals surface area contributed by atoms with Gasteiger partial charge >= 0.3 is 0 Å². The molecule has 0 aromatic carbocycles. The molecule has 21 heavy (non-hydrogen) atoms. The van der Waals surface area contributed by atoms with Crippen molar-refractivity contribution in [3.05, 3.63) is 0 Å². The number of amides is 2. The second-order valence-electron chi connectivity index (χ2n) is 6.15. The van der Waals surface area contributed by atoms with Crippen LogP contribution in [-0.2, 0) is 9.59 Å². The van der Waals surface area contributed by atoms with Crippen molar-refractivity contribution in [3.63, 3.8) is 0 Å². The lowest BCUT2D eigenvalue weighted by molar-refractivity contribution is -0.135. The van der Waals surface area contributed by atoms with Gasteiger partial charge in [0.25, 0.3) is 0 Å². The van der Waals surface area contributed by atoms with Crippen molar-refractivity contribution in [2.24, 2.45) is 5.92 Å². The summed E-state index contributed by atoms with van der Waals surface area (Å²) < 4.78 is 0. The van der Waals surface area contributed by atoms with Crippen molar-refractivity contribution in [2.75, 3.05) is 45.8 Å². The van der Waals surface area contributed by atoms with Gasteiger partial charge in [0.2, 0.25) is 11.8 Å². The third-order valence-electron chi connectivity index (χ3n) is 4.42. The smallest absolute Gasteiger partial charge is 0.240 e. The number of piperazine rings is 1. The molecule has 2 atom stereocenters. The van der Waals surface area contributed by atoms with Gasteiger partial charge in [-0.05, 0) is 25.3 Å². The lowest BCUT2D eigenvalue weighted by Gasteiger charge is -2.36. The zero-order valence-electron chi connectivity index (χ0n) is 13.2. The Balaban J connectivity index is 1.72. The van der Waals surface area contributed by atoms with E-state index in [0.29, 0.717) is 12.5 Å². The van der Waals surface area contributed by atoms with Crippen LogP contribution in [-0.4, -0.2) is 73.5 Å². The van der Waals surface area contributed by atoms with Gasteiger partial charge in [-0.2, -0.15) is 0 Å². The molecule has 0 bridgehead atoms. The molecule has 2 amide bonds. The third kappa shape index (κ3) is 4.41. The topological polar surface area (TPSA) is 64.7 Å². The Bertz CT molecular complexity index is 367. The average molecular weight is 296 g/mol. The Hall–Kier alpha value is -1.14. The number of hydrogen-bond donors (Lipinski definition) is 2. The van der Waals surface area contributed by atoms with E-state index in [1.54, 1.807) is 0 Å². The van der Waals surface area contributed by atoms with Gasteiger partial charge in [0.05, 0.1) is 12.6 Å². The van der Waals surface area contributed by atoms with Crippen molar-refractivity contribution in [3.8, 4) is 0 Å². The predicted octanol–water partition coefficient (Wildman–Crippen LogP) is -0.345. The molecule has 2 aliphatic heterocycles. The van der Waals surface area contributed by atoms with Gasteiger partial charge in [-0.1, -0.05) is 13.8 Å². The van der Waals surface area contributed by atoms with Crippen LogP contribution in [0.2, 0.25) is 0 Å². The standard InChI is InChI=1S/C15H28N4O2/c1-3-5-16-13(20)11-18-7-9-19(10-8-18)15(21)14-12(2)4-6-17-14/h12,14,17H,3-11H2,1-2H3,(H,16,20). The number of carbonyl (C=O) groups is 2. The Morgan fingerprint density at radius 1 is 1.24 bits per heavy atom. The molecule has 6 heteroatoms. The maximum absolute atomic E-state index is 12.4. The van der Waals surface area contributed by atoms with Gasteiger partial charge in [-0.3, -0.25) is 14.5 Å². The number of nitrogens with one attached hydrogen (secondary N) is 2. The highest BCUT2D eigenvalue weighted by Gasteiger charge is 2.33. The van der Waals surface area contributed by atoms with Crippen LogP contribution in [0.1, 0.15) is 26.7 Å². The summed E-state index contributed by atoms with van der Waals surface area (Å²) in [6.45, 7) is 9.33. The highest BCUT2D eigenvalue weighted by molar-refractivity contribution is 5.82. The van der Waals surface area contributed by atoms with Crippen molar-refractivity contribution in [2.45, 2.75) is 32.7 Å². The summed E-state index contributed by atoms with van der Waals surface area (Å²) in [6, 6.07) is -0.00981. The Morgan fingerprint density at radius 2 is 1.95 bits per heavy atom. The molecule has 2 N–H and O–H groups in total. The molecule has 0 radical (unpaired) electrons. The summed E-state index contributed by atoms with van der Waals surface area (Å²) in [5, 5.41) is 6.19. The normalized spacial score (nSPS) is 26.9. The fourth-order valence-electron chi connectivity index (χ4n) is 3.01. The van der Waals surface area contributed by atoms with Crippen LogP contribution in [0.25, 0.3) is 0 Å². The quantitative estimate of drug-likeness (QED) is 0.728. The molecule has 120 valence electrons. The lowest BCUT2D eigenvalue weighted by Crippen LogP contribution is -2.55. The van der Waals surface area contributed by atoms with Gasteiger partial charge in [0, 0.05) is 32.7 Å². The first-order chi connectivity index (χ1) is 10.1. The summed E-state index contributed by atoms with van der Waals surface area (Å²) >= 11 is 0. The van der Waals surface area contributed by atoms with E-state index in [1.807, 2.05) is 11.8 Å². The van der Waals surface area contributed by atoms with Crippen LogP contribution in [0.5, 0.6) is 0 Å². The number of rotatable bonds is 5. The van der Waals surface area contributed by atoms with E-state index in [1.165, 1.54) is 0 Å². The first kappa shape index (κ1) is 16.2. The van der Waals surface area contributed by atoms with E-state index in [2.05, 4.69) is 22.5 Å². The minimum atomic E-state index is -0.00981. The van der Waals surface area contributed by atoms with Crippen molar-refractivity contribution < 1.29 is 9.59 Å². The van der Waals surface area contributed by atoms with Crippen LogP contribution in [0.15, 0.2) is 0 Å². The molecule has 2 saturated heterocycles. The molecular weight excluding hydrogens is 268 g/mol. The summed E-state index contributed by atoms with van der Waals surface area (Å²) in [6.07, 6.45) is 2.04. The Labute approximate surface area is 127 Å². The molecule has 0 aromatic heterocycles. The van der Waals surface area contributed by atoms with Gasteiger partial charge in [-0.25, -0.2) is 0 Å². The minimum absolute atomic E-state index is 0.00981. The Morgan fingerprint density at radius 3 is 2.52 bits per heavy atom. The first-order valence-corrected chi connectivity index (χ1v) is 8.13. The summed E-state index contributed by atoms with van der Waals surface area (Å²) in [5.41, 5.74) is 0. The molecule has 0 aromatic rings. The molecule has 6 nitrogen and oxygen atoms in total. The van der Waals surface area contributed by atoms with Crippen molar-refractivity contribution in [1.82, 2.24) is 20.4 Å². The van der Waals surface area contributed by atoms with Crippen LogP contribution >= 0.6 is 0 Å². The van der Waals surface area contributed by atoms with E-state index in [-0.39, 0.29) is 17.9 Å².